The van der Waals surface area contributed by atoms with Gasteiger partial charge in [-0.05, 0) is 65.9 Å². The summed E-state index contributed by atoms with van der Waals surface area (Å²) in [5.74, 6) is 1.87. The molecule has 24 heavy (non-hydrogen) atoms. The molecule has 1 atom stereocenters. The number of nitrogens with one attached hydrogen (secondary N) is 1. The fourth-order valence-electron chi connectivity index (χ4n) is 2.24. The van der Waals surface area contributed by atoms with Crippen LogP contribution < -0.4 is 19.5 Å². The number of methoxy groups -OCH3 is 2. The lowest BCUT2D eigenvalue weighted by Crippen LogP contribution is -2.31. The molecule has 2 aromatic rings. The molecule has 5 nitrogen and oxygen atoms in total. The average molecular weight is 441 g/mol. The van der Waals surface area contributed by atoms with Crippen molar-refractivity contribution < 1.29 is 19.0 Å². The first-order chi connectivity index (χ1) is 11.5. The Bertz CT molecular complexity index is 705. The van der Waals surface area contributed by atoms with Crippen LogP contribution in [0.25, 0.3) is 0 Å². The van der Waals surface area contributed by atoms with Gasteiger partial charge in [-0.2, -0.15) is 0 Å². The zero-order chi connectivity index (χ0) is 17.5. The van der Waals surface area contributed by atoms with Gasteiger partial charge in [0.25, 0.3) is 5.91 Å². The lowest BCUT2D eigenvalue weighted by Gasteiger charge is -2.18. The number of carbonyl (C=O) groups excluding carboxylic acids is 1. The second-order valence-electron chi connectivity index (χ2n) is 5.14. The summed E-state index contributed by atoms with van der Waals surface area (Å²) in [7, 11) is 3.20. The second kappa shape index (κ2) is 8.77. The molecule has 0 spiro atoms. The molecule has 6 heteroatoms. The summed E-state index contributed by atoms with van der Waals surface area (Å²) in [4.78, 5) is 12.1. The molecular weight excluding hydrogens is 421 g/mol. The lowest BCUT2D eigenvalue weighted by atomic mass is 10.1. The van der Waals surface area contributed by atoms with Crippen molar-refractivity contribution >= 4 is 28.5 Å². The van der Waals surface area contributed by atoms with E-state index in [4.69, 9.17) is 14.2 Å². The van der Waals surface area contributed by atoms with Crippen molar-refractivity contribution in [1.82, 2.24) is 5.32 Å². The molecule has 0 saturated heterocycles. The Kier molecular flexibility index (Phi) is 6.72. The third kappa shape index (κ3) is 5.02. The van der Waals surface area contributed by atoms with Gasteiger partial charge in [0.15, 0.2) is 6.61 Å². The van der Waals surface area contributed by atoms with Crippen molar-refractivity contribution in [1.29, 1.82) is 0 Å². The maximum absolute atomic E-state index is 12.1. The average Bonchev–Trinajstić information content (AvgIpc) is 2.59. The van der Waals surface area contributed by atoms with Crippen molar-refractivity contribution in [3.05, 3.63) is 51.6 Å². The molecule has 0 radical (unpaired) electrons. The van der Waals surface area contributed by atoms with E-state index in [1.807, 2.05) is 49.4 Å². The molecule has 0 aromatic heterocycles. The van der Waals surface area contributed by atoms with Gasteiger partial charge in [0.05, 0.1) is 20.3 Å². The highest BCUT2D eigenvalue weighted by Crippen LogP contribution is 2.29. The third-order valence-corrected chi connectivity index (χ3v) is 4.12. The number of carbonyl (C=O) groups is 1. The van der Waals surface area contributed by atoms with Crippen LogP contribution >= 0.6 is 22.6 Å². The highest BCUT2D eigenvalue weighted by atomic mass is 127. The first kappa shape index (κ1) is 18.4. The van der Waals surface area contributed by atoms with E-state index in [0.717, 1.165) is 9.13 Å². The van der Waals surface area contributed by atoms with Gasteiger partial charge in [-0.3, -0.25) is 4.79 Å². The minimum atomic E-state index is -0.234. The first-order valence-electron chi connectivity index (χ1n) is 7.43. The molecule has 0 aliphatic rings. The number of benzene rings is 2. The van der Waals surface area contributed by atoms with E-state index in [0.29, 0.717) is 17.2 Å². The van der Waals surface area contributed by atoms with Crippen LogP contribution in [0.5, 0.6) is 17.2 Å². The number of halogens is 1. The molecular formula is C18H20INO4. The Morgan fingerprint density at radius 1 is 1.12 bits per heavy atom. The van der Waals surface area contributed by atoms with Crippen LogP contribution in [-0.2, 0) is 4.79 Å². The molecule has 2 aromatic carbocycles. The molecule has 0 aliphatic heterocycles. The fourth-order valence-corrected chi connectivity index (χ4v) is 2.76. The Morgan fingerprint density at radius 3 is 2.58 bits per heavy atom. The van der Waals surface area contributed by atoms with Gasteiger partial charge in [0.1, 0.15) is 17.2 Å². The molecule has 1 N–H and O–H groups in total. The van der Waals surface area contributed by atoms with Gasteiger partial charge in [-0.1, -0.05) is 6.07 Å². The molecule has 0 aliphatic carbocycles. The largest absolute Gasteiger partial charge is 0.497 e. The van der Waals surface area contributed by atoms with Gasteiger partial charge in [-0.15, -0.1) is 0 Å². The molecule has 0 bridgehead atoms. The van der Waals surface area contributed by atoms with Crippen LogP contribution in [0.4, 0.5) is 0 Å². The molecule has 1 amide bonds. The maximum atomic E-state index is 12.1. The van der Waals surface area contributed by atoms with Gasteiger partial charge in [0.2, 0.25) is 0 Å². The number of hydrogen-bond acceptors (Lipinski definition) is 4. The minimum Gasteiger partial charge on any atom is -0.497 e. The topological polar surface area (TPSA) is 56.8 Å². The highest BCUT2D eigenvalue weighted by molar-refractivity contribution is 14.1. The van der Waals surface area contributed by atoms with Crippen LogP contribution in [0.1, 0.15) is 18.5 Å². The van der Waals surface area contributed by atoms with E-state index in [9.17, 15) is 4.79 Å². The summed E-state index contributed by atoms with van der Waals surface area (Å²) < 4.78 is 17.2. The minimum absolute atomic E-state index is 0.0449. The quantitative estimate of drug-likeness (QED) is 0.668. The normalized spacial score (nSPS) is 11.5. The third-order valence-electron chi connectivity index (χ3n) is 3.45. The standard InChI is InChI=1S/C18H20INO4/c1-12(16-10-14(22-2)7-8-17(16)23-3)20-18(21)11-24-15-6-4-5-13(19)9-15/h4-10,12H,11H2,1-3H3,(H,20,21). The predicted molar refractivity (Wildman–Crippen MR) is 101 cm³/mol. The second-order valence-corrected chi connectivity index (χ2v) is 6.39. The Morgan fingerprint density at radius 2 is 1.92 bits per heavy atom. The summed E-state index contributed by atoms with van der Waals surface area (Å²) in [6.07, 6.45) is 0. The van der Waals surface area contributed by atoms with E-state index in [1.54, 1.807) is 14.2 Å². The van der Waals surface area contributed by atoms with Gasteiger partial charge in [0, 0.05) is 9.13 Å². The summed E-state index contributed by atoms with van der Waals surface area (Å²) in [6, 6.07) is 12.8. The maximum Gasteiger partial charge on any atom is 0.258 e. The van der Waals surface area contributed by atoms with E-state index in [-0.39, 0.29) is 18.6 Å². The van der Waals surface area contributed by atoms with E-state index < -0.39 is 0 Å². The van der Waals surface area contributed by atoms with Crippen LogP contribution in [-0.4, -0.2) is 26.7 Å². The van der Waals surface area contributed by atoms with E-state index in [2.05, 4.69) is 27.9 Å². The Labute approximate surface area is 155 Å². The highest BCUT2D eigenvalue weighted by Gasteiger charge is 2.15. The van der Waals surface area contributed by atoms with Crippen molar-refractivity contribution in [3.8, 4) is 17.2 Å². The predicted octanol–water partition coefficient (Wildman–Crippen LogP) is 3.56. The molecule has 1 unspecified atom stereocenters. The van der Waals surface area contributed by atoms with E-state index in [1.165, 1.54) is 0 Å². The number of amides is 1. The van der Waals surface area contributed by atoms with Crippen molar-refractivity contribution in [3.63, 3.8) is 0 Å². The van der Waals surface area contributed by atoms with Crippen LogP contribution in [0.2, 0.25) is 0 Å². The van der Waals surface area contributed by atoms with Crippen molar-refractivity contribution in [2.24, 2.45) is 0 Å². The Balaban J connectivity index is 1.98. The number of rotatable bonds is 7. The molecule has 0 heterocycles. The Hall–Kier alpha value is -1.96. The monoisotopic (exact) mass is 441 g/mol. The number of ether oxygens (including phenoxy) is 3. The summed E-state index contributed by atoms with van der Waals surface area (Å²) in [6.45, 7) is 1.84. The van der Waals surface area contributed by atoms with Crippen molar-refractivity contribution in [2.75, 3.05) is 20.8 Å². The number of hydrogen-bond donors (Lipinski definition) is 1. The van der Waals surface area contributed by atoms with Crippen LogP contribution in [0.3, 0.4) is 0 Å². The smallest absolute Gasteiger partial charge is 0.258 e. The zero-order valence-corrected chi connectivity index (χ0v) is 16.0. The molecule has 0 fully saturated rings. The molecule has 128 valence electrons. The SMILES string of the molecule is COc1ccc(OC)c(C(C)NC(=O)COc2cccc(I)c2)c1. The summed E-state index contributed by atoms with van der Waals surface area (Å²) >= 11 is 2.20. The van der Waals surface area contributed by atoms with Gasteiger partial charge in [-0.25, -0.2) is 0 Å². The summed E-state index contributed by atoms with van der Waals surface area (Å²) in [5, 5.41) is 2.91. The van der Waals surface area contributed by atoms with Gasteiger partial charge < -0.3 is 19.5 Å². The summed E-state index contributed by atoms with van der Waals surface area (Å²) in [5.41, 5.74) is 0.847. The molecule has 2 rings (SSSR count). The van der Waals surface area contributed by atoms with E-state index >= 15 is 0 Å². The van der Waals surface area contributed by atoms with Gasteiger partial charge >= 0.3 is 0 Å². The lowest BCUT2D eigenvalue weighted by molar-refractivity contribution is -0.123. The van der Waals surface area contributed by atoms with Crippen molar-refractivity contribution in [2.45, 2.75) is 13.0 Å². The zero-order valence-electron chi connectivity index (χ0n) is 13.8. The van der Waals surface area contributed by atoms with Crippen LogP contribution in [0, 0.1) is 3.57 Å². The van der Waals surface area contributed by atoms with Crippen LogP contribution in [0.15, 0.2) is 42.5 Å². The fraction of sp³-hybridized carbons (Fsp3) is 0.278. The molecule has 0 saturated carbocycles. The first-order valence-corrected chi connectivity index (χ1v) is 8.51.